The Labute approximate surface area is 156 Å². The molecule has 26 heavy (non-hydrogen) atoms. The fourth-order valence-corrected chi connectivity index (χ4v) is 3.62. The van der Waals surface area contributed by atoms with Crippen molar-refractivity contribution in [3.05, 3.63) is 36.3 Å². The zero-order chi connectivity index (χ0) is 18.2. The minimum Gasteiger partial charge on any atom is -0.356 e. The molecule has 1 unspecified atom stereocenters. The third-order valence-electron chi connectivity index (χ3n) is 5.17. The van der Waals surface area contributed by atoms with Crippen molar-refractivity contribution >= 4 is 11.6 Å². The first-order valence-corrected chi connectivity index (χ1v) is 9.87. The Balaban J connectivity index is 1.34. The molecular formula is C20H32N6. The van der Waals surface area contributed by atoms with Crippen molar-refractivity contribution < 1.29 is 0 Å². The van der Waals surface area contributed by atoms with Crippen LogP contribution in [0, 0.1) is 0 Å². The number of guanidine groups is 1. The Bertz CT molecular complexity index is 674. The van der Waals surface area contributed by atoms with Crippen LogP contribution in [0.1, 0.15) is 38.3 Å². The number of fused-ring (bicyclic) bond motifs is 1. The van der Waals surface area contributed by atoms with E-state index in [9.17, 15) is 0 Å². The van der Waals surface area contributed by atoms with Crippen LogP contribution in [0.4, 0.5) is 0 Å². The monoisotopic (exact) mass is 356 g/mol. The topological polar surface area (TPSA) is 57.0 Å². The lowest BCUT2D eigenvalue weighted by molar-refractivity contribution is 0.159. The maximum absolute atomic E-state index is 4.63. The second-order valence-electron chi connectivity index (χ2n) is 7.11. The molecule has 2 N–H and O–H groups in total. The molecule has 3 rings (SSSR count). The summed E-state index contributed by atoms with van der Waals surface area (Å²) in [5.74, 6) is 0.875. The number of imidazole rings is 1. The van der Waals surface area contributed by atoms with E-state index in [0.29, 0.717) is 0 Å². The van der Waals surface area contributed by atoms with E-state index < -0.39 is 0 Å². The molecule has 1 aliphatic heterocycles. The lowest BCUT2D eigenvalue weighted by Gasteiger charge is -2.33. The first-order chi connectivity index (χ1) is 12.8. The van der Waals surface area contributed by atoms with E-state index in [2.05, 4.69) is 43.0 Å². The first kappa shape index (κ1) is 18.7. The Hall–Kier alpha value is -2.08. The Morgan fingerprint density at radius 1 is 1.27 bits per heavy atom. The molecule has 0 bridgehead atoms. The van der Waals surface area contributed by atoms with Gasteiger partial charge in [-0.1, -0.05) is 12.5 Å². The number of nitrogens with one attached hydrogen (secondary N) is 2. The number of likely N-dealkylation sites (tertiary alicyclic amines) is 1. The number of piperidine rings is 1. The van der Waals surface area contributed by atoms with E-state index in [1.807, 2.05) is 31.4 Å². The average molecular weight is 357 g/mol. The van der Waals surface area contributed by atoms with Gasteiger partial charge in [-0.3, -0.25) is 4.99 Å². The highest BCUT2D eigenvalue weighted by Crippen LogP contribution is 2.16. The molecule has 2 aromatic heterocycles. The number of nitrogens with zero attached hydrogens (tertiary/aromatic N) is 4. The average Bonchev–Trinajstić information content (AvgIpc) is 3.07. The first-order valence-electron chi connectivity index (χ1n) is 9.87. The number of pyridine rings is 1. The van der Waals surface area contributed by atoms with Crippen LogP contribution in [0.5, 0.6) is 0 Å². The molecule has 3 heterocycles. The van der Waals surface area contributed by atoms with Crippen molar-refractivity contribution in [2.75, 3.05) is 33.2 Å². The fourth-order valence-electron chi connectivity index (χ4n) is 3.62. The third-order valence-corrected chi connectivity index (χ3v) is 5.17. The summed E-state index contributed by atoms with van der Waals surface area (Å²) in [7, 11) is 1.83. The summed E-state index contributed by atoms with van der Waals surface area (Å²) in [5.41, 5.74) is 2.09. The number of rotatable bonds is 7. The Morgan fingerprint density at radius 2 is 2.15 bits per heavy atom. The maximum Gasteiger partial charge on any atom is 0.190 e. The molecular weight excluding hydrogens is 324 g/mol. The molecule has 142 valence electrons. The second-order valence-corrected chi connectivity index (χ2v) is 7.11. The number of aliphatic imine (C=N–C) groups is 1. The van der Waals surface area contributed by atoms with Crippen molar-refractivity contribution in [1.82, 2.24) is 24.9 Å². The van der Waals surface area contributed by atoms with Crippen LogP contribution in [0.2, 0.25) is 0 Å². The molecule has 0 aliphatic carbocycles. The minimum absolute atomic E-state index is 0.742. The summed E-state index contributed by atoms with van der Waals surface area (Å²) in [6.07, 6.45) is 10.2. The van der Waals surface area contributed by atoms with E-state index in [4.69, 9.17) is 0 Å². The summed E-state index contributed by atoms with van der Waals surface area (Å²) in [4.78, 5) is 11.6. The largest absolute Gasteiger partial charge is 0.356 e. The smallest absolute Gasteiger partial charge is 0.190 e. The molecule has 0 aromatic carbocycles. The molecule has 0 saturated carbocycles. The molecule has 0 radical (unpaired) electrons. The van der Waals surface area contributed by atoms with Crippen LogP contribution in [-0.4, -0.2) is 59.5 Å². The van der Waals surface area contributed by atoms with Gasteiger partial charge in [0.05, 0.1) is 5.69 Å². The van der Waals surface area contributed by atoms with Crippen molar-refractivity contribution in [3.63, 3.8) is 0 Å². The van der Waals surface area contributed by atoms with Gasteiger partial charge >= 0.3 is 0 Å². The van der Waals surface area contributed by atoms with Gasteiger partial charge in [-0.2, -0.15) is 0 Å². The fraction of sp³-hybridized carbons (Fsp3) is 0.600. The molecule has 1 aliphatic rings. The quantitative estimate of drug-likeness (QED) is 0.454. The van der Waals surface area contributed by atoms with Gasteiger partial charge in [0.25, 0.3) is 0 Å². The zero-order valence-corrected chi connectivity index (χ0v) is 16.1. The molecule has 1 atom stereocenters. The van der Waals surface area contributed by atoms with E-state index in [1.54, 1.807) is 0 Å². The summed E-state index contributed by atoms with van der Waals surface area (Å²) in [6.45, 7) is 6.57. The predicted molar refractivity (Wildman–Crippen MR) is 108 cm³/mol. The Kier molecular flexibility index (Phi) is 6.89. The van der Waals surface area contributed by atoms with Crippen LogP contribution < -0.4 is 10.6 Å². The lowest BCUT2D eigenvalue weighted by atomic mass is 10.0. The van der Waals surface area contributed by atoms with E-state index >= 15 is 0 Å². The van der Waals surface area contributed by atoms with Crippen molar-refractivity contribution in [1.29, 1.82) is 0 Å². The van der Waals surface area contributed by atoms with Gasteiger partial charge in [-0.05, 0) is 44.9 Å². The van der Waals surface area contributed by atoms with Gasteiger partial charge < -0.3 is 19.9 Å². The van der Waals surface area contributed by atoms with Crippen molar-refractivity contribution in [3.8, 4) is 0 Å². The van der Waals surface area contributed by atoms with E-state index in [0.717, 1.165) is 49.3 Å². The van der Waals surface area contributed by atoms with Gasteiger partial charge in [0.15, 0.2) is 5.96 Å². The lowest BCUT2D eigenvalue weighted by Crippen LogP contribution is -2.41. The summed E-state index contributed by atoms with van der Waals surface area (Å²) in [5, 5.41) is 6.81. The molecule has 1 saturated heterocycles. The van der Waals surface area contributed by atoms with Gasteiger partial charge in [0, 0.05) is 51.5 Å². The third kappa shape index (κ3) is 5.21. The van der Waals surface area contributed by atoms with Crippen molar-refractivity contribution in [2.24, 2.45) is 4.99 Å². The number of hydrogen-bond acceptors (Lipinski definition) is 3. The van der Waals surface area contributed by atoms with Gasteiger partial charge in [0.2, 0.25) is 0 Å². The molecule has 1 fully saturated rings. The second kappa shape index (κ2) is 9.57. The molecule has 6 heteroatoms. The van der Waals surface area contributed by atoms with Gasteiger partial charge in [0.1, 0.15) is 5.65 Å². The predicted octanol–water partition coefficient (Wildman–Crippen LogP) is 2.31. The summed E-state index contributed by atoms with van der Waals surface area (Å²) >= 11 is 0. The highest BCUT2D eigenvalue weighted by Gasteiger charge is 2.17. The van der Waals surface area contributed by atoms with Gasteiger partial charge in [-0.15, -0.1) is 0 Å². The van der Waals surface area contributed by atoms with Crippen molar-refractivity contribution in [2.45, 2.75) is 45.1 Å². The highest BCUT2D eigenvalue weighted by molar-refractivity contribution is 5.79. The molecule has 2 aromatic rings. The van der Waals surface area contributed by atoms with E-state index in [1.165, 1.54) is 32.4 Å². The normalized spacial score (nSPS) is 19.0. The number of aromatic nitrogens is 2. The van der Waals surface area contributed by atoms with Gasteiger partial charge in [-0.25, -0.2) is 4.98 Å². The summed E-state index contributed by atoms with van der Waals surface area (Å²) in [6, 6.07) is 6.81. The zero-order valence-electron chi connectivity index (χ0n) is 16.1. The Morgan fingerprint density at radius 3 is 2.96 bits per heavy atom. The van der Waals surface area contributed by atoms with Crippen LogP contribution >= 0.6 is 0 Å². The van der Waals surface area contributed by atoms with Crippen LogP contribution in [-0.2, 0) is 6.42 Å². The maximum atomic E-state index is 4.63. The molecule has 0 amide bonds. The standard InChI is InChI=1S/C20H32N6/c1-17-8-3-5-13-25(17)15-7-11-22-20(21-2)23-12-10-18-16-26-14-6-4-9-19(26)24-18/h4,6,9,14,16-17H,3,5,7-8,10-13,15H2,1-2H3,(H2,21,22,23). The highest BCUT2D eigenvalue weighted by atomic mass is 15.2. The van der Waals surface area contributed by atoms with Crippen LogP contribution in [0.15, 0.2) is 35.6 Å². The SMILES string of the molecule is CN=C(NCCCN1CCCCC1C)NCCc1cn2ccccc2n1. The molecule has 0 spiro atoms. The van der Waals surface area contributed by atoms with Crippen LogP contribution in [0.3, 0.4) is 0 Å². The van der Waals surface area contributed by atoms with Crippen LogP contribution in [0.25, 0.3) is 5.65 Å². The minimum atomic E-state index is 0.742. The molecule has 6 nitrogen and oxygen atoms in total. The number of hydrogen-bond donors (Lipinski definition) is 2. The van der Waals surface area contributed by atoms with E-state index in [-0.39, 0.29) is 0 Å². The summed E-state index contributed by atoms with van der Waals surface area (Å²) < 4.78 is 2.06.